The molecule has 2 aliphatic rings. The lowest BCUT2D eigenvalue weighted by molar-refractivity contribution is -0.120. The molecule has 8 heteroatoms. The Hall–Kier alpha value is -2.89. The first-order chi connectivity index (χ1) is 15.4. The zero-order valence-corrected chi connectivity index (χ0v) is 18.9. The van der Waals surface area contributed by atoms with Crippen molar-refractivity contribution in [1.29, 1.82) is 5.26 Å². The second-order valence-corrected chi connectivity index (χ2v) is 10.3. The molecule has 0 radical (unpaired) electrons. The second-order valence-electron chi connectivity index (χ2n) is 8.34. The fourth-order valence-electron chi connectivity index (χ4n) is 4.09. The van der Waals surface area contributed by atoms with E-state index in [1.54, 1.807) is 24.3 Å². The van der Waals surface area contributed by atoms with Crippen LogP contribution >= 0.6 is 0 Å². The van der Waals surface area contributed by atoms with Crippen molar-refractivity contribution in [3.8, 4) is 11.8 Å². The van der Waals surface area contributed by atoms with E-state index in [4.69, 9.17) is 4.74 Å². The molecular weight excluding hydrogens is 426 g/mol. The number of benzene rings is 2. The van der Waals surface area contributed by atoms with E-state index in [1.807, 2.05) is 31.2 Å². The van der Waals surface area contributed by atoms with Gasteiger partial charge in [-0.05, 0) is 74.6 Å². The van der Waals surface area contributed by atoms with Crippen LogP contribution in [0.15, 0.2) is 53.4 Å². The summed E-state index contributed by atoms with van der Waals surface area (Å²) in [6.45, 7) is 3.00. The molecule has 7 nitrogen and oxygen atoms in total. The number of carbonyl (C=O) groups is 1. The summed E-state index contributed by atoms with van der Waals surface area (Å²) in [5, 5.41) is 12.2. The number of nitrogens with one attached hydrogen (secondary N) is 1. The van der Waals surface area contributed by atoms with Gasteiger partial charge in [-0.3, -0.25) is 4.79 Å². The molecule has 1 amide bonds. The first-order valence-electron chi connectivity index (χ1n) is 10.9. The van der Waals surface area contributed by atoms with E-state index in [2.05, 4.69) is 11.4 Å². The van der Waals surface area contributed by atoms with Gasteiger partial charge in [-0.25, -0.2) is 8.42 Å². The van der Waals surface area contributed by atoms with Crippen LogP contribution in [0.25, 0.3) is 0 Å². The zero-order valence-electron chi connectivity index (χ0n) is 18.1. The maximum absolute atomic E-state index is 12.9. The maximum atomic E-state index is 12.9. The molecule has 1 saturated heterocycles. The van der Waals surface area contributed by atoms with Gasteiger partial charge in [0.25, 0.3) is 0 Å². The zero-order chi connectivity index (χ0) is 22.8. The third-order valence-corrected chi connectivity index (χ3v) is 8.18. The lowest BCUT2D eigenvalue weighted by Crippen LogP contribution is -2.41. The molecule has 0 spiro atoms. The summed E-state index contributed by atoms with van der Waals surface area (Å²) >= 11 is 0. The van der Waals surface area contributed by atoms with Crippen LogP contribution in [0.2, 0.25) is 0 Å². The highest BCUT2D eigenvalue weighted by Gasteiger charge is 2.44. The van der Waals surface area contributed by atoms with Crippen LogP contribution in [0.1, 0.15) is 38.2 Å². The normalized spacial score (nSPS) is 18.5. The van der Waals surface area contributed by atoms with Crippen LogP contribution in [0.5, 0.6) is 5.75 Å². The third-order valence-electron chi connectivity index (χ3n) is 6.27. The second kappa shape index (κ2) is 8.93. The largest absolute Gasteiger partial charge is 0.494 e. The molecule has 32 heavy (non-hydrogen) atoms. The number of anilines is 1. The highest BCUT2D eigenvalue weighted by atomic mass is 32.2. The fraction of sp³-hybridized carbons (Fsp3) is 0.417. The average Bonchev–Trinajstić information content (AvgIpc) is 3.62. The van der Waals surface area contributed by atoms with Crippen molar-refractivity contribution in [3.63, 3.8) is 0 Å². The molecule has 0 atom stereocenters. The number of piperidine rings is 1. The standard InChI is InChI=1S/C24H27N3O4S/c1-2-31-21-7-9-22(10-8-21)32(29,30)27-15-11-18(12-16-27)23(28)26-20-5-3-19(4-6-20)24(17-25)13-14-24/h3-10,18H,2,11-16H2,1H3,(H,26,28). The molecule has 168 valence electrons. The number of hydrogen-bond acceptors (Lipinski definition) is 5. The summed E-state index contributed by atoms with van der Waals surface area (Å²) in [4.78, 5) is 12.9. The van der Waals surface area contributed by atoms with Gasteiger partial charge >= 0.3 is 0 Å². The molecule has 1 N–H and O–H groups in total. The summed E-state index contributed by atoms with van der Waals surface area (Å²) in [6.07, 6.45) is 2.70. The predicted octanol–water partition coefficient (Wildman–Crippen LogP) is 3.68. The van der Waals surface area contributed by atoms with Gasteiger partial charge in [0.2, 0.25) is 15.9 Å². The van der Waals surface area contributed by atoms with Gasteiger partial charge in [0, 0.05) is 24.7 Å². The monoisotopic (exact) mass is 453 g/mol. The molecule has 2 aromatic rings. The van der Waals surface area contributed by atoms with E-state index in [-0.39, 0.29) is 22.1 Å². The van der Waals surface area contributed by atoms with Crippen molar-refractivity contribution >= 4 is 21.6 Å². The molecule has 1 aliphatic heterocycles. The van der Waals surface area contributed by atoms with Crippen molar-refractivity contribution in [2.75, 3.05) is 25.0 Å². The Kier molecular flexibility index (Phi) is 6.22. The van der Waals surface area contributed by atoms with Crippen LogP contribution in [-0.2, 0) is 20.2 Å². The average molecular weight is 454 g/mol. The Morgan fingerprint density at radius 3 is 2.28 bits per heavy atom. The number of rotatable bonds is 7. The molecule has 2 fully saturated rings. The molecule has 2 aromatic carbocycles. The van der Waals surface area contributed by atoms with Gasteiger partial charge in [-0.1, -0.05) is 12.1 Å². The van der Waals surface area contributed by atoms with E-state index in [0.29, 0.717) is 44.0 Å². The maximum Gasteiger partial charge on any atom is 0.243 e. The van der Waals surface area contributed by atoms with E-state index in [1.165, 1.54) is 4.31 Å². The number of nitriles is 1. The van der Waals surface area contributed by atoms with Crippen molar-refractivity contribution in [2.24, 2.45) is 5.92 Å². The van der Waals surface area contributed by atoms with Crippen molar-refractivity contribution in [2.45, 2.75) is 42.9 Å². The van der Waals surface area contributed by atoms with Gasteiger partial charge in [-0.15, -0.1) is 0 Å². The lowest BCUT2D eigenvalue weighted by Gasteiger charge is -2.30. The first-order valence-corrected chi connectivity index (χ1v) is 12.4. The third kappa shape index (κ3) is 4.50. The fourth-order valence-corrected chi connectivity index (χ4v) is 5.56. The minimum atomic E-state index is -3.60. The smallest absolute Gasteiger partial charge is 0.243 e. The van der Waals surface area contributed by atoms with Crippen LogP contribution in [-0.4, -0.2) is 38.3 Å². The number of amides is 1. The van der Waals surface area contributed by atoms with E-state index >= 15 is 0 Å². The Morgan fingerprint density at radius 2 is 1.75 bits per heavy atom. The van der Waals surface area contributed by atoms with Crippen LogP contribution in [0, 0.1) is 17.2 Å². The highest BCUT2D eigenvalue weighted by molar-refractivity contribution is 7.89. The summed E-state index contributed by atoms with van der Waals surface area (Å²) < 4.78 is 32.7. The van der Waals surface area contributed by atoms with Gasteiger partial charge < -0.3 is 10.1 Å². The molecule has 1 saturated carbocycles. The minimum absolute atomic E-state index is 0.0997. The molecule has 0 unspecified atom stereocenters. The molecule has 1 heterocycles. The van der Waals surface area contributed by atoms with Gasteiger partial charge in [0.05, 0.1) is 23.0 Å². The number of carbonyl (C=O) groups excluding carboxylic acids is 1. The Morgan fingerprint density at radius 1 is 1.12 bits per heavy atom. The van der Waals surface area contributed by atoms with E-state index < -0.39 is 10.0 Å². The number of sulfonamides is 1. The topological polar surface area (TPSA) is 99.5 Å². The lowest BCUT2D eigenvalue weighted by atomic mass is 9.96. The van der Waals surface area contributed by atoms with Gasteiger partial charge in [0.15, 0.2) is 0 Å². The number of hydrogen-bond donors (Lipinski definition) is 1. The molecule has 0 aromatic heterocycles. The Bertz CT molecular complexity index is 1110. The molecule has 1 aliphatic carbocycles. The summed E-state index contributed by atoms with van der Waals surface area (Å²) in [5.74, 6) is 0.294. The number of nitrogens with zero attached hydrogens (tertiary/aromatic N) is 2. The highest BCUT2D eigenvalue weighted by Crippen LogP contribution is 2.47. The predicted molar refractivity (Wildman–Crippen MR) is 121 cm³/mol. The molecular formula is C24H27N3O4S. The van der Waals surface area contributed by atoms with Crippen molar-refractivity contribution in [1.82, 2.24) is 4.31 Å². The molecule has 0 bridgehead atoms. The Balaban J connectivity index is 1.33. The quantitative estimate of drug-likeness (QED) is 0.689. The summed E-state index contributed by atoms with van der Waals surface area (Å²) in [5.41, 5.74) is 1.34. The van der Waals surface area contributed by atoms with Gasteiger partial charge in [-0.2, -0.15) is 9.57 Å². The number of ether oxygens (including phenoxy) is 1. The summed E-state index contributed by atoms with van der Waals surface area (Å²) in [7, 11) is -3.60. The Labute approximate surface area is 189 Å². The van der Waals surface area contributed by atoms with Crippen molar-refractivity contribution < 1.29 is 17.9 Å². The van der Waals surface area contributed by atoms with E-state index in [0.717, 1.165) is 18.4 Å². The first kappa shape index (κ1) is 22.3. The van der Waals surface area contributed by atoms with Crippen LogP contribution in [0.4, 0.5) is 5.69 Å². The van der Waals surface area contributed by atoms with E-state index in [9.17, 15) is 18.5 Å². The van der Waals surface area contributed by atoms with Gasteiger partial charge in [0.1, 0.15) is 5.75 Å². The SMILES string of the molecule is CCOc1ccc(S(=O)(=O)N2CCC(C(=O)Nc3ccc(C4(C#N)CC4)cc3)CC2)cc1. The summed E-state index contributed by atoms with van der Waals surface area (Å²) in [6, 6.07) is 16.3. The van der Waals surface area contributed by atoms with Crippen molar-refractivity contribution in [3.05, 3.63) is 54.1 Å². The van der Waals surface area contributed by atoms with Crippen LogP contribution in [0.3, 0.4) is 0 Å². The molecule has 4 rings (SSSR count). The minimum Gasteiger partial charge on any atom is -0.494 e. The van der Waals surface area contributed by atoms with Crippen LogP contribution < -0.4 is 10.1 Å².